The van der Waals surface area contributed by atoms with Gasteiger partial charge in [-0.05, 0) is 81.0 Å². The first-order valence-electron chi connectivity index (χ1n) is 11.8. The van der Waals surface area contributed by atoms with E-state index in [1.807, 2.05) is 51.1 Å². The Balaban J connectivity index is 1.75. The second kappa shape index (κ2) is 11.7. The minimum absolute atomic E-state index is 0.104. The third kappa shape index (κ3) is 7.07. The van der Waals surface area contributed by atoms with E-state index in [-0.39, 0.29) is 24.5 Å². The van der Waals surface area contributed by atoms with Gasteiger partial charge in [0.15, 0.2) is 6.61 Å². The van der Waals surface area contributed by atoms with Crippen LogP contribution in [0.1, 0.15) is 61.3 Å². The van der Waals surface area contributed by atoms with Crippen molar-refractivity contribution in [1.82, 2.24) is 10.2 Å². The van der Waals surface area contributed by atoms with Crippen molar-refractivity contribution in [3.63, 3.8) is 0 Å². The summed E-state index contributed by atoms with van der Waals surface area (Å²) in [5, 5.41) is 3.17. The molecule has 1 aliphatic rings. The van der Waals surface area contributed by atoms with Gasteiger partial charge in [0.1, 0.15) is 11.8 Å². The topological polar surface area (TPSA) is 58.6 Å². The summed E-state index contributed by atoms with van der Waals surface area (Å²) in [6, 6.07) is 11.5. The third-order valence-electron chi connectivity index (χ3n) is 6.48. The van der Waals surface area contributed by atoms with E-state index < -0.39 is 6.04 Å². The summed E-state index contributed by atoms with van der Waals surface area (Å²) in [6.45, 7) is 8.07. The quantitative estimate of drug-likeness (QED) is 0.497. The predicted molar refractivity (Wildman–Crippen MR) is 135 cm³/mol. The Labute approximate surface area is 206 Å². The van der Waals surface area contributed by atoms with Gasteiger partial charge in [0.25, 0.3) is 5.91 Å². The van der Waals surface area contributed by atoms with Crippen molar-refractivity contribution >= 4 is 27.7 Å². The lowest BCUT2D eigenvalue weighted by Crippen LogP contribution is -2.51. The van der Waals surface area contributed by atoms with Crippen molar-refractivity contribution in [1.29, 1.82) is 0 Å². The number of amides is 2. The minimum Gasteiger partial charge on any atom is -0.483 e. The molecule has 0 saturated heterocycles. The number of nitrogens with one attached hydrogen (secondary N) is 1. The van der Waals surface area contributed by atoms with Crippen LogP contribution in [0.2, 0.25) is 0 Å². The second-order valence-electron chi connectivity index (χ2n) is 9.16. The summed E-state index contributed by atoms with van der Waals surface area (Å²) in [7, 11) is 0. The average Bonchev–Trinajstić information content (AvgIpc) is 2.79. The Bertz CT molecular complexity index is 985. The first-order valence-corrected chi connectivity index (χ1v) is 12.6. The van der Waals surface area contributed by atoms with E-state index in [0.29, 0.717) is 12.3 Å². The molecule has 0 bridgehead atoms. The van der Waals surface area contributed by atoms with Crippen LogP contribution in [0, 0.1) is 20.8 Å². The molecule has 1 aliphatic carbocycles. The van der Waals surface area contributed by atoms with Crippen LogP contribution in [0.25, 0.3) is 0 Å². The molecule has 0 radical (unpaired) electrons. The van der Waals surface area contributed by atoms with Crippen LogP contribution >= 0.6 is 15.9 Å². The second-order valence-corrected chi connectivity index (χ2v) is 10.1. The van der Waals surface area contributed by atoms with Crippen LogP contribution in [0.5, 0.6) is 5.75 Å². The van der Waals surface area contributed by atoms with Crippen molar-refractivity contribution in [3.05, 3.63) is 63.1 Å². The van der Waals surface area contributed by atoms with Gasteiger partial charge in [-0.15, -0.1) is 0 Å². The summed E-state index contributed by atoms with van der Waals surface area (Å²) < 4.78 is 6.89. The maximum atomic E-state index is 13.3. The van der Waals surface area contributed by atoms with E-state index in [1.165, 1.54) is 6.42 Å². The maximum absolute atomic E-state index is 13.3. The van der Waals surface area contributed by atoms with E-state index in [4.69, 9.17) is 4.74 Å². The lowest BCUT2D eigenvalue weighted by molar-refractivity contribution is -0.142. The van der Waals surface area contributed by atoms with Crippen molar-refractivity contribution in [2.75, 3.05) is 6.61 Å². The highest BCUT2D eigenvalue weighted by Gasteiger charge is 2.28. The summed E-state index contributed by atoms with van der Waals surface area (Å²) in [5.41, 5.74) is 4.20. The number of ether oxygens (including phenoxy) is 1. The molecule has 1 fully saturated rings. The van der Waals surface area contributed by atoms with Gasteiger partial charge in [-0.2, -0.15) is 0 Å². The van der Waals surface area contributed by atoms with Crippen LogP contribution in [0.15, 0.2) is 40.9 Å². The normalized spacial score (nSPS) is 15.1. The predicted octanol–water partition coefficient (Wildman–Crippen LogP) is 5.62. The lowest BCUT2D eigenvalue weighted by atomic mass is 9.95. The lowest BCUT2D eigenvalue weighted by Gasteiger charge is -2.31. The highest BCUT2D eigenvalue weighted by Crippen LogP contribution is 2.24. The number of hydrogen-bond acceptors (Lipinski definition) is 3. The van der Waals surface area contributed by atoms with Crippen LogP contribution < -0.4 is 10.1 Å². The van der Waals surface area contributed by atoms with Crippen LogP contribution in [0.3, 0.4) is 0 Å². The summed E-state index contributed by atoms with van der Waals surface area (Å²) in [5.74, 6) is 0.398. The van der Waals surface area contributed by atoms with Crippen LogP contribution in [0.4, 0.5) is 0 Å². The van der Waals surface area contributed by atoms with Gasteiger partial charge < -0.3 is 15.0 Å². The molecular formula is C27H35BrN2O3. The van der Waals surface area contributed by atoms with Crippen molar-refractivity contribution < 1.29 is 14.3 Å². The maximum Gasteiger partial charge on any atom is 0.261 e. The fraction of sp³-hybridized carbons (Fsp3) is 0.481. The van der Waals surface area contributed by atoms with E-state index in [1.54, 1.807) is 11.8 Å². The molecule has 1 saturated carbocycles. The fourth-order valence-corrected chi connectivity index (χ4v) is 4.80. The molecule has 2 amide bonds. The molecule has 3 rings (SSSR count). The molecule has 1 atom stereocenters. The van der Waals surface area contributed by atoms with Gasteiger partial charge in [0.05, 0.1) is 0 Å². The molecule has 1 N–H and O–H groups in total. The zero-order valence-electron chi connectivity index (χ0n) is 20.1. The molecule has 0 aromatic heterocycles. The van der Waals surface area contributed by atoms with Gasteiger partial charge >= 0.3 is 0 Å². The molecule has 2 aromatic rings. The summed E-state index contributed by atoms with van der Waals surface area (Å²) >= 11 is 3.50. The van der Waals surface area contributed by atoms with E-state index >= 15 is 0 Å². The van der Waals surface area contributed by atoms with Gasteiger partial charge in [-0.25, -0.2) is 0 Å². The highest BCUT2D eigenvalue weighted by molar-refractivity contribution is 9.10. The molecule has 0 aliphatic heterocycles. The van der Waals surface area contributed by atoms with E-state index in [9.17, 15) is 9.59 Å². The number of benzene rings is 2. The zero-order chi connectivity index (χ0) is 24.0. The Hall–Kier alpha value is -2.34. The Morgan fingerprint density at radius 1 is 1.12 bits per heavy atom. The molecule has 6 heteroatoms. The zero-order valence-corrected chi connectivity index (χ0v) is 21.7. The number of hydrogen-bond donors (Lipinski definition) is 1. The van der Waals surface area contributed by atoms with Crippen LogP contribution in [-0.2, 0) is 16.1 Å². The minimum atomic E-state index is -0.595. The Morgan fingerprint density at radius 3 is 2.55 bits per heavy atom. The van der Waals surface area contributed by atoms with E-state index in [0.717, 1.165) is 52.4 Å². The van der Waals surface area contributed by atoms with Crippen LogP contribution in [-0.4, -0.2) is 35.4 Å². The molecule has 1 unspecified atom stereocenters. The number of carbonyl (C=O) groups excluding carboxylic acids is 2. The average molecular weight is 515 g/mol. The number of aryl methyl sites for hydroxylation is 2. The number of carbonyl (C=O) groups is 2. The fourth-order valence-electron chi connectivity index (χ4n) is 4.36. The molecule has 2 aromatic carbocycles. The Kier molecular flexibility index (Phi) is 8.95. The van der Waals surface area contributed by atoms with Gasteiger partial charge in [0, 0.05) is 17.1 Å². The first-order chi connectivity index (χ1) is 15.7. The molecule has 178 valence electrons. The number of nitrogens with zero attached hydrogens (tertiary/aromatic N) is 1. The molecular weight excluding hydrogens is 480 g/mol. The molecule has 0 spiro atoms. The summed E-state index contributed by atoms with van der Waals surface area (Å²) in [4.78, 5) is 28.0. The number of halogens is 1. The number of rotatable bonds is 8. The first kappa shape index (κ1) is 25.3. The smallest absolute Gasteiger partial charge is 0.261 e. The standard InChI is InChI=1S/C27H35BrN2O3/c1-18-13-19(2)20(3)25(14-18)33-17-26(31)30(16-22-9-8-10-23(28)15-22)21(4)27(32)29-24-11-6-5-7-12-24/h8-10,13-15,21,24H,5-7,11-12,16-17H2,1-4H3,(H,29,32). The molecule has 5 nitrogen and oxygen atoms in total. The van der Waals surface area contributed by atoms with Crippen molar-refractivity contribution in [3.8, 4) is 5.75 Å². The highest BCUT2D eigenvalue weighted by atomic mass is 79.9. The summed E-state index contributed by atoms with van der Waals surface area (Å²) in [6.07, 6.45) is 5.52. The van der Waals surface area contributed by atoms with Gasteiger partial charge in [0.2, 0.25) is 5.91 Å². The Morgan fingerprint density at radius 2 is 1.85 bits per heavy atom. The van der Waals surface area contributed by atoms with Gasteiger partial charge in [-0.1, -0.05) is 53.4 Å². The monoisotopic (exact) mass is 514 g/mol. The van der Waals surface area contributed by atoms with Crippen molar-refractivity contribution in [2.24, 2.45) is 0 Å². The van der Waals surface area contributed by atoms with Gasteiger partial charge in [-0.3, -0.25) is 9.59 Å². The molecule has 33 heavy (non-hydrogen) atoms. The largest absolute Gasteiger partial charge is 0.483 e. The molecule has 0 heterocycles. The third-order valence-corrected chi connectivity index (χ3v) is 6.97. The van der Waals surface area contributed by atoms with E-state index in [2.05, 4.69) is 27.3 Å². The SMILES string of the molecule is Cc1cc(C)c(C)c(OCC(=O)N(Cc2cccc(Br)c2)C(C)C(=O)NC2CCCCC2)c1. The van der Waals surface area contributed by atoms with Crippen molar-refractivity contribution in [2.45, 2.75) is 78.4 Å².